The first kappa shape index (κ1) is 17.8. The predicted octanol–water partition coefficient (Wildman–Crippen LogP) is 5.85. The summed E-state index contributed by atoms with van der Waals surface area (Å²) >= 11 is 0. The van der Waals surface area contributed by atoms with Crippen LogP contribution in [0, 0.1) is 11.6 Å². The molecule has 0 spiro atoms. The average molecular weight is 352 g/mol. The number of allylic oxidation sites excluding steroid dienone is 2. The first-order chi connectivity index (χ1) is 12.6. The molecule has 4 heteroatoms. The van der Waals surface area contributed by atoms with Crippen molar-refractivity contribution in [3.05, 3.63) is 89.5 Å². The van der Waals surface area contributed by atoms with Gasteiger partial charge in [-0.15, -0.1) is 0 Å². The zero-order valence-corrected chi connectivity index (χ0v) is 14.3. The van der Waals surface area contributed by atoms with E-state index in [1.807, 2.05) is 19.1 Å². The summed E-state index contributed by atoms with van der Waals surface area (Å²) in [5.74, 6) is -1.68. The van der Waals surface area contributed by atoms with Crippen molar-refractivity contribution in [2.45, 2.75) is 19.8 Å². The van der Waals surface area contributed by atoms with Crippen LogP contribution < -0.4 is 4.74 Å². The standard InChI is InChI=1S/C22H18F2O2/c1-2-3-4-5-15-6-11-21(20(24)12-15)26-22(25)18-8-7-17-14-19(23)10-9-16(17)13-18/h2-3,6-14H,4-5H2,1H3/b3-2+. The second-order valence-electron chi connectivity index (χ2n) is 5.97. The van der Waals surface area contributed by atoms with E-state index < -0.39 is 11.8 Å². The van der Waals surface area contributed by atoms with Crippen LogP contribution in [0.25, 0.3) is 10.8 Å². The Morgan fingerprint density at radius 2 is 1.77 bits per heavy atom. The molecule has 26 heavy (non-hydrogen) atoms. The molecule has 0 saturated heterocycles. The molecule has 0 aliphatic carbocycles. The summed E-state index contributed by atoms with van der Waals surface area (Å²) < 4.78 is 32.6. The fourth-order valence-corrected chi connectivity index (χ4v) is 2.70. The molecular formula is C22H18F2O2. The van der Waals surface area contributed by atoms with Crippen LogP contribution in [0.3, 0.4) is 0 Å². The molecule has 0 aliphatic rings. The molecule has 0 bridgehead atoms. The molecule has 0 unspecified atom stereocenters. The van der Waals surface area contributed by atoms with E-state index in [1.165, 1.54) is 30.3 Å². The zero-order valence-electron chi connectivity index (χ0n) is 14.3. The highest BCUT2D eigenvalue weighted by molar-refractivity contribution is 5.96. The van der Waals surface area contributed by atoms with Gasteiger partial charge in [0, 0.05) is 0 Å². The lowest BCUT2D eigenvalue weighted by Crippen LogP contribution is -2.09. The molecule has 0 heterocycles. The third-order valence-corrected chi connectivity index (χ3v) is 4.07. The van der Waals surface area contributed by atoms with Gasteiger partial charge in [0.15, 0.2) is 11.6 Å². The van der Waals surface area contributed by atoms with Crippen LogP contribution in [-0.4, -0.2) is 5.97 Å². The molecule has 0 saturated carbocycles. The smallest absolute Gasteiger partial charge is 0.343 e. The van der Waals surface area contributed by atoms with Crippen molar-refractivity contribution in [2.24, 2.45) is 0 Å². The summed E-state index contributed by atoms with van der Waals surface area (Å²) in [4.78, 5) is 12.3. The third kappa shape index (κ3) is 4.14. The van der Waals surface area contributed by atoms with Gasteiger partial charge in [-0.05, 0) is 72.5 Å². The highest BCUT2D eigenvalue weighted by atomic mass is 19.1. The largest absolute Gasteiger partial charge is 0.420 e. The molecule has 0 aromatic heterocycles. The number of fused-ring (bicyclic) bond motifs is 1. The van der Waals surface area contributed by atoms with E-state index in [2.05, 4.69) is 0 Å². The maximum Gasteiger partial charge on any atom is 0.343 e. The number of hydrogen-bond donors (Lipinski definition) is 0. The number of carbonyl (C=O) groups excluding carboxylic acids is 1. The van der Waals surface area contributed by atoms with Crippen LogP contribution in [0.2, 0.25) is 0 Å². The number of hydrogen-bond acceptors (Lipinski definition) is 2. The molecule has 2 nitrogen and oxygen atoms in total. The van der Waals surface area contributed by atoms with Gasteiger partial charge in [-0.25, -0.2) is 13.6 Å². The minimum Gasteiger partial charge on any atom is -0.420 e. The lowest BCUT2D eigenvalue weighted by atomic mass is 10.1. The highest BCUT2D eigenvalue weighted by Gasteiger charge is 2.13. The quantitative estimate of drug-likeness (QED) is 0.327. The van der Waals surface area contributed by atoms with Crippen LogP contribution in [-0.2, 0) is 6.42 Å². The van der Waals surface area contributed by atoms with Crippen molar-refractivity contribution in [2.75, 3.05) is 0 Å². The summed E-state index contributed by atoms with van der Waals surface area (Å²) in [6, 6.07) is 13.7. The Balaban J connectivity index is 1.76. The highest BCUT2D eigenvalue weighted by Crippen LogP contribution is 2.22. The second kappa shape index (κ2) is 7.91. The van der Waals surface area contributed by atoms with Gasteiger partial charge in [0.05, 0.1) is 5.56 Å². The maximum absolute atomic E-state index is 14.2. The van der Waals surface area contributed by atoms with Crippen molar-refractivity contribution in [1.82, 2.24) is 0 Å². The van der Waals surface area contributed by atoms with E-state index >= 15 is 0 Å². The number of carbonyl (C=O) groups is 1. The minimum absolute atomic E-state index is 0.107. The monoisotopic (exact) mass is 352 g/mol. The van der Waals surface area contributed by atoms with Gasteiger partial charge < -0.3 is 4.74 Å². The van der Waals surface area contributed by atoms with Crippen molar-refractivity contribution in [3.63, 3.8) is 0 Å². The third-order valence-electron chi connectivity index (χ3n) is 4.07. The van der Waals surface area contributed by atoms with E-state index in [0.717, 1.165) is 18.4 Å². The van der Waals surface area contributed by atoms with Gasteiger partial charge in [0.25, 0.3) is 0 Å². The number of aryl methyl sites for hydroxylation is 1. The van der Waals surface area contributed by atoms with Gasteiger partial charge in [-0.1, -0.05) is 30.4 Å². The SMILES string of the molecule is C/C=C/CCc1ccc(OC(=O)c2ccc3cc(F)ccc3c2)c(F)c1. The Morgan fingerprint density at radius 3 is 2.54 bits per heavy atom. The topological polar surface area (TPSA) is 26.3 Å². The number of halogens is 2. The van der Waals surface area contributed by atoms with Crippen molar-refractivity contribution >= 4 is 16.7 Å². The Hall–Kier alpha value is -3.01. The second-order valence-corrected chi connectivity index (χ2v) is 5.97. The van der Waals surface area contributed by atoms with E-state index in [4.69, 9.17) is 4.74 Å². The number of esters is 1. The number of ether oxygens (including phenoxy) is 1. The van der Waals surface area contributed by atoms with Crippen LogP contribution >= 0.6 is 0 Å². The number of rotatable bonds is 5. The van der Waals surface area contributed by atoms with Crippen LogP contribution in [0.5, 0.6) is 5.75 Å². The molecule has 3 aromatic carbocycles. The van der Waals surface area contributed by atoms with E-state index in [1.54, 1.807) is 24.3 Å². The summed E-state index contributed by atoms with van der Waals surface area (Å²) in [7, 11) is 0. The van der Waals surface area contributed by atoms with E-state index in [9.17, 15) is 13.6 Å². The van der Waals surface area contributed by atoms with Crippen LogP contribution in [0.1, 0.15) is 29.3 Å². The molecule has 0 radical (unpaired) electrons. The lowest BCUT2D eigenvalue weighted by Gasteiger charge is -2.08. The van der Waals surface area contributed by atoms with Gasteiger partial charge in [0.1, 0.15) is 5.82 Å². The average Bonchev–Trinajstić information content (AvgIpc) is 2.63. The van der Waals surface area contributed by atoms with Gasteiger partial charge in [-0.2, -0.15) is 0 Å². The minimum atomic E-state index is -0.656. The first-order valence-electron chi connectivity index (χ1n) is 8.38. The van der Waals surface area contributed by atoms with Gasteiger partial charge in [-0.3, -0.25) is 0 Å². The summed E-state index contributed by atoms with van der Waals surface area (Å²) in [5.41, 5.74) is 1.12. The van der Waals surface area contributed by atoms with Crippen LogP contribution in [0.15, 0.2) is 66.7 Å². The maximum atomic E-state index is 14.2. The summed E-state index contributed by atoms with van der Waals surface area (Å²) in [6.45, 7) is 1.94. The number of benzene rings is 3. The van der Waals surface area contributed by atoms with E-state index in [-0.39, 0.29) is 17.1 Å². The Kier molecular flexibility index (Phi) is 5.42. The Bertz CT molecular complexity index is 977. The molecule has 0 atom stereocenters. The first-order valence-corrected chi connectivity index (χ1v) is 8.38. The Morgan fingerprint density at radius 1 is 1.00 bits per heavy atom. The van der Waals surface area contributed by atoms with Crippen LogP contribution in [0.4, 0.5) is 8.78 Å². The molecule has 3 rings (SSSR count). The summed E-state index contributed by atoms with van der Waals surface area (Å²) in [6.07, 6.45) is 5.51. The molecule has 0 fully saturated rings. The van der Waals surface area contributed by atoms with Gasteiger partial charge >= 0.3 is 5.97 Å². The molecule has 0 N–H and O–H groups in total. The summed E-state index contributed by atoms with van der Waals surface area (Å²) in [5, 5.41) is 1.39. The van der Waals surface area contributed by atoms with E-state index in [0.29, 0.717) is 10.8 Å². The zero-order chi connectivity index (χ0) is 18.5. The van der Waals surface area contributed by atoms with Crippen molar-refractivity contribution in [1.29, 1.82) is 0 Å². The molecular weight excluding hydrogens is 334 g/mol. The fourth-order valence-electron chi connectivity index (χ4n) is 2.70. The fraction of sp³-hybridized carbons (Fsp3) is 0.136. The predicted molar refractivity (Wildman–Crippen MR) is 98.4 cm³/mol. The molecule has 132 valence electrons. The van der Waals surface area contributed by atoms with Crippen molar-refractivity contribution < 1.29 is 18.3 Å². The lowest BCUT2D eigenvalue weighted by molar-refractivity contribution is 0.0728. The van der Waals surface area contributed by atoms with Crippen molar-refractivity contribution in [3.8, 4) is 5.75 Å². The normalized spacial score (nSPS) is 11.2. The Labute approximate surface area is 150 Å². The molecule has 0 amide bonds. The molecule has 0 aliphatic heterocycles. The molecule has 3 aromatic rings. The van der Waals surface area contributed by atoms with Gasteiger partial charge in [0.2, 0.25) is 0 Å².